The third-order valence-electron chi connectivity index (χ3n) is 8.11. The van der Waals surface area contributed by atoms with Gasteiger partial charge in [-0.25, -0.2) is 0 Å². The molecule has 0 aliphatic rings. The zero-order chi connectivity index (χ0) is 39.4. The van der Waals surface area contributed by atoms with Crippen LogP contribution < -0.4 is 5.32 Å². The molecular weight excluding hydrogens is 671 g/mol. The van der Waals surface area contributed by atoms with Gasteiger partial charge in [0, 0.05) is 12.8 Å². The summed E-state index contributed by atoms with van der Waals surface area (Å²) in [6.07, 6.45) is 61.8. The van der Waals surface area contributed by atoms with Crippen LogP contribution in [0.4, 0.5) is 0 Å². The summed E-state index contributed by atoms with van der Waals surface area (Å²) in [5, 5.41) is 11.1. The fourth-order valence-corrected chi connectivity index (χ4v) is 5.13. The number of carboxylic acids is 1. The van der Waals surface area contributed by atoms with Crippen LogP contribution in [0, 0.1) is 0 Å². The lowest BCUT2D eigenvalue weighted by atomic mass is 10.1. The van der Waals surface area contributed by atoms with Crippen LogP contribution in [0.3, 0.4) is 0 Å². The highest BCUT2D eigenvalue weighted by molar-refractivity contribution is 5.81. The molecule has 0 radical (unpaired) electrons. The number of allylic oxidation sites excluding steroid dienone is 19. The second kappa shape index (κ2) is 41.6. The molecule has 1 unspecified atom stereocenters. The standard InChI is InChI=1S/C48H73NO5/c1-3-5-7-9-11-13-15-17-19-20-21-22-23-24-25-27-29-31-33-35-37-43-48(53)54-45(41-38-39-42-46(50)49-44-47(51)52)40-36-34-32-30-28-26-18-16-14-12-10-8-6-4-2/h5-8,11-14,17-19,21-22,24-26,30,32,36,40,45H,3-4,9-10,15-16,20,23,27-29,31,33-35,37-39,41-44H2,1-2H3,(H,49,50)(H,51,52)/b7-5-,8-6-,13-11-,14-12-,19-17-,22-21-,25-24-,26-18-,32-30-,40-36-. The fraction of sp³-hybridized carbons (Fsp3) is 0.521. The number of aliphatic carboxylic acids is 1. The minimum atomic E-state index is -1.06. The third kappa shape index (κ3) is 40.6. The Bertz CT molecular complexity index is 1230. The highest BCUT2D eigenvalue weighted by Gasteiger charge is 2.12. The fourth-order valence-electron chi connectivity index (χ4n) is 5.13. The highest BCUT2D eigenvalue weighted by atomic mass is 16.5. The summed E-state index contributed by atoms with van der Waals surface area (Å²) in [5.74, 6) is -1.52. The Hall–Kier alpha value is -4.19. The first-order valence-corrected chi connectivity index (χ1v) is 20.7. The van der Waals surface area contributed by atoms with Crippen LogP contribution in [0.5, 0.6) is 0 Å². The SMILES string of the molecule is CC/C=C\C/C=C\C/C=C\C/C=C\C/C=C\CCCCCCCC(=O)OC(/C=C\C/C=C\C/C=C\C/C=C\C/C=C\CC)CCCCC(=O)NCC(=O)O. The van der Waals surface area contributed by atoms with Gasteiger partial charge in [-0.1, -0.05) is 149 Å². The molecule has 0 rings (SSSR count). The third-order valence-corrected chi connectivity index (χ3v) is 8.11. The van der Waals surface area contributed by atoms with Gasteiger partial charge < -0.3 is 15.2 Å². The molecule has 6 heteroatoms. The zero-order valence-corrected chi connectivity index (χ0v) is 33.8. The predicted molar refractivity (Wildman–Crippen MR) is 230 cm³/mol. The van der Waals surface area contributed by atoms with Crippen molar-refractivity contribution in [1.82, 2.24) is 5.32 Å². The zero-order valence-electron chi connectivity index (χ0n) is 33.8. The van der Waals surface area contributed by atoms with Crippen molar-refractivity contribution in [2.45, 2.75) is 155 Å². The van der Waals surface area contributed by atoms with E-state index in [0.717, 1.165) is 103 Å². The van der Waals surface area contributed by atoms with Crippen LogP contribution in [0.2, 0.25) is 0 Å². The van der Waals surface area contributed by atoms with Crippen LogP contribution in [-0.2, 0) is 19.1 Å². The lowest BCUT2D eigenvalue weighted by Gasteiger charge is -2.14. The lowest BCUT2D eigenvalue weighted by molar-refractivity contribution is -0.147. The number of carbonyl (C=O) groups excluding carboxylic acids is 2. The molecule has 1 atom stereocenters. The molecule has 0 aromatic rings. The number of ether oxygens (including phenoxy) is 1. The smallest absolute Gasteiger partial charge is 0.322 e. The largest absolute Gasteiger partial charge is 0.480 e. The van der Waals surface area contributed by atoms with Gasteiger partial charge in [-0.05, 0) is 109 Å². The van der Waals surface area contributed by atoms with Crippen LogP contribution >= 0.6 is 0 Å². The topological polar surface area (TPSA) is 92.7 Å². The van der Waals surface area contributed by atoms with Gasteiger partial charge in [0.15, 0.2) is 0 Å². The van der Waals surface area contributed by atoms with E-state index in [1.807, 2.05) is 12.2 Å². The number of amides is 1. The minimum Gasteiger partial charge on any atom is -0.480 e. The van der Waals surface area contributed by atoms with E-state index < -0.39 is 5.97 Å². The summed E-state index contributed by atoms with van der Waals surface area (Å²) in [6, 6.07) is 0. The highest BCUT2D eigenvalue weighted by Crippen LogP contribution is 2.13. The molecule has 0 bridgehead atoms. The molecule has 0 spiro atoms. The quantitative estimate of drug-likeness (QED) is 0.0383. The molecule has 54 heavy (non-hydrogen) atoms. The van der Waals surface area contributed by atoms with Crippen molar-refractivity contribution in [1.29, 1.82) is 0 Å². The van der Waals surface area contributed by atoms with Crippen LogP contribution in [0.1, 0.15) is 149 Å². The average Bonchev–Trinajstić information content (AvgIpc) is 3.16. The molecule has 0 aliphatic carbocycles. The van der Waals surface area contributed by atoms with Gasteiger partial charge in [0.1, 0.15) is 12.6 Å². The maximum absolute atomic E-state index is 12.7. The summed E-state index contributed by atoms with van der Waals surface area (Å²) in [5.41, 5.74) is 0. The van der Waals surface area contributed by atoms with E-state index in [1.165, 1.54) is 0 Å². The van der Waals surface area contributed by atoms with E-state index >= 15 is 0 Å². The Morgan fingerprint density at radius 1 is 0.500 bits per heavy atom. The Morgan fingerprint density at radius 2 is 0.907 bits per heavy atom. The number of rotatable bonds is 35. The van der Waals surface area contributed by atoms with E-state index in [-0.39, 0.29) is 30.9 Å². The molecule has 0 saturated heterocycles. The van der Waals surface area contributed by atoms with Crippen molar-refractivity contribution in [2.75, 3.05) is 6.54 Å². The number of carbonyl (C=O) groups is 3. The van der Waals surface area contributed by atoms with Crippen molar-refractivity contribution in [3.8, 4) is 0 Å². The first-order valence-electron chi connectivity index (χ1n) is 20.7. The lowest BCUT2D eigenvalue weighted by Crippen LogP contribution is -2.28. The first kappa shape index (κ1) is 49.8. The first-order chi connectivity index (χ1) is 26.5. The van der Waals surface area contributed by atoms with Crippen molar-refractivity contribution in [3.05, 3.63) is 122 Å². The molecular formula is C48H73NO5. The molecule has 6 nitrogen and oxygen atoms in total. The van der Waals surface area contributed by atoms with Crippen molar-refractivity contribution >= 4 is 17.8 Å². The Kier molecular flexibility index (Phi) is 38.3. The monoisotopic (exact) mass is 744 g/mol. The minimum absolute atomic E-state index is 0.182. The maximum Gasteiger partial charge on any atom is 0.322 e. The van der Waals surface area contributed by atoms with Gasteiger partial charge in [-0.3, -0.25) is 14.4 Å². The molecule has 0 saturated carbocycles. The summed E-state index contributed by atoms with van der Waals surface area (Å²) < 4.78 is 5.82. The van der Waals surface area contributed by atoms with Crippen molar-refractivity contribution < 1.29 is 24.2 Å². The Balaban J connectivity index is 4.33. The van der Waals surface area contributed by atoms with Gasteiger partial charge in [0.25, 0.3) is 0 Å². The molecule has 2 N–H and O–H groups in total. The van der Waals surface area contributed by atoms with E-state index in [2.05, 4.69) is 129 Å². The van der Waals surface area contributed by atoms with E-state index in [9.17, 15) is 14.4 Å². The summed E-state index contributed by atoms with van der Waals surface area (Å²) in [4.78, 5) is 35.2. The van der Waals surface area contributed by atoms with Crippen molar-refractivity contribution in [3.63, 3.8) is 0 Å². The number of carboxylic acid groups (broad SMARTS) is 1. The van der Waals surface area contributed by atoms with Crippen LogP contribution in [-0.4, -0.2) is 35.6 Å². The van der Waals surface area contributed by atoms with Crippen LogP contribution in [0.15, 0.2) is 122 Å². The molecule has 0 aliphatic heterocycles. The molecule has 0 fully saturated rings. The summed E-state index contributed by atoms with van der Waals surface area (Å²) in [6.45, 7) is 3.92. The van der Waals surface area contributed by atoms with E-state index in [1.54, 1.807) is 0 Å². The average molecular weight is 744 g/mol. The Labute approximate surface area is 329 Å². The van der Waals surface area contributed by atoms with Crippen molar-refractivity contribution in [2.24, 2.45) is 0 Å². The van der Waals surface area contributed by atoms with Gasteiger partial charge >= 0.3 is 11.9 Å². The van der Waals surface area contributed by atoms with E-state index in [0.29, 0.717) is 25.7 Å². The molecule has 0 aromatic carbocycles. The number of nitrogens with one attached hydrogen (secondary N) is 1. The predicted octanol–water partition coefficient (Wildman–Crippen LogP) is 12.9. The molecule has 1 amide bonds. The molecule has 300 valence electrons. The maximum atomic E-state index is 12.7. The number of hydrogen-bond donors (Lipinski definition) is 2. The summed E-state index contributed by atoms with van der Waals surface area (Å²) >= 11 is 0. The van der Waals surface area contributed by atoms with Gasteiger partial charge in [-0.15, -0.1) is 0 Å². The number of unbranched alkanes of at least 4 members (excludes halogenated alkanes) is 6. The number of esters is 1. The number of hydrogen-bond acceptors (Lipinski definition) is 4. The normalized spacial score (nSPS) is 13.4. The molecule has 0 heterocycles. The van der Waals surface area contributed by atoms with Gasteiger partial charge in [-0.2, -0.15) is 0 Å². The molecule has 0 aromatic heterocycles. The van der Waals surface area contributed by atoms with E-state index in [4.69, 9.17) is 9.84 Å². The second-order valence-electron chi connectivity index (χ2n) is 13.1. The van der Waals surface area contributed by atoms with Gasteiger partial charge in [0.05, 0.1) is 0 Å². The van der Waals surface area contributed by atoms with Crippen LogP contribution in [0.25, 0.3) is 0 Å². The van der Waals surface area contributed by atoms with Gasteiger partial charge in [0.2, 0.25) is 5.91 Å². The summed E-state index contributed by atoms with van der Waals surface area (Å²) in [7, 11) is 0. The second-order valence-corrected chi connectivity index (χ2v) is 13.1. The Morgan fingerprint density at radius 3 is 1.39 bits per heavy atom.